The minimum Gasteiger partial charge on any atom is -0.311 e. The summed E-state index contributed by atoms with van der Waals surface area (Å²) in [5, 5.41) is 3.93. The van der Waals surface area contributed by atoms with Crippen molar-refractivity contribution in [3.63, 3.8) is 0 Å². The summed E-state index contributed by atoms with van der Waals surface area (Å²) in [4.78, 5) is 0. The Bertz CT molecular complexity index is 391. The molecule has 3 rings (SSSR count). The number of rotatable bonds is 4. The van der Waals surface area contributed by atoms with Gasteiger partial charge in [-0.15, -0.1) is 0 Å². The van der Waals surface area contributed by atoms with E-state index < -0.39 is 0 Å². The van der Waals surface area contributed by atoms with Crippen molar-refractivity contribution in [1.82, 2.24) is 5.32 Å². The van der Waals surface area contributed by atoms with Crippen LogP contribution < -0.4 is 5.32 Å². The molecule has 0 saturated heterocycles. The van der Waals surface area contributed by atoms with E-state index in [9.17, 15) is 0 Å². The fourth-order valence-electron chi connectivity index (χ4n) is 4.18. The number of nitrogens with one attached hydrogen (secondary N) is 1. The van der Waals surface area contributed by atoms with Gasteiger partial charge < -0.3 is 5.32 Å². The molecule has 2 aliphatic rings. The SMILES string of the molecule is CC(Cc1ccccc1)NC1CCC12CCCCC2. The molecule has 0 heterocycles. The van der Waals surface area contributed by atoms with E-state index in [1.807, 2.05) is 0 Å². The number of hydrogen-bond acceptors (Lipinski definition) is 1. The zero-order valence-corrected chi connectivity index (χ0v) is 12.2. The molecule has 2 unspecified atom stereocenters. The molecule has 0 aromatic heterocycles. The maximum absolute atomic E-state index is 3.93. The van der Waals surface area contributed by atoms with Gasteiger partial charge in [-0.2, -0.15) is 0 Å². The van der Waals surface area contributed by atoms with Gasteiger partial charge in [-0.1, -0.05) is 49.6 Å². The van der Waals surface area contributed by atoms with Crippen molar-refractivity contribution >= 4 is 0 Å². The van der Waals surface area contributed by atoms with E-state index in [4.69, 9.17) is 0 Å². The minimum atomic E-state index is 0.603. The zero-order valence-electron chi connectivity index (χ0n) is 12.2. The van der Waals surface area contributed by atoms with Crippen LogP contribution in [0.1, 0.15) is 57.4 Å². The Morgan fingerprint density at radius 2 is 1.84 bits per heavy atom. The second-order valence-corrected chi connectivity index (χ2v) is 6.77. The van der Waals surface area contributed by atoms with Crippen molar-refractivity contribution in [3.8, 4) is 0 Å². The lowest BCUT2D eigenvalue weighted by Crippen LogP contribution is -2.56. The lowest BCUT2D eigenvalue weighted by molar-refractivity contribution is 0.0176. The second kappa shape index (κ2) is 5.66. The molecule has 0 aliphatic heterocycles. The Balaban J connectivity index is 1.53. The quantitative estimate of drug-likeness (QED) is 0.847. The van der Waals surface area contributed by atoms with E-state index in [-0.39, 0.29) is 0 Å². The summed E-state index contributed by atoms with van der Waals surface area (Å²) < 4.78 is 0. The first-order valence-corrected chi connectivity index (χ1v) is 8.08. The largest absolute Gasteiger partial charge is 0.311 e. The summed E-state index contributed by atoms with van der Waals surface area (Å²) in [6, 6.07) is 12.3. The van der Waals surface area contributed by atoms with Crippen LogP contribution >= 0.6 is 0 Å². The van der Waals surface area contributed by atoms with Crippen molar-refractivity contribution in [2.45, 2.75) is 70.4 Å². The molecule has 0 radical (unpaired) electrons. The molecule has 1 aromatic carbocycles. The van der Waals surface area contributed by atoms with Gasteiger partial charge in [-0.3, -0.25) is 0 Å². The van der Waals surface area contributed by atoms with E-state index in [2.05, 4.69) is 42.6 Å². The fourth-order valence-corrected chi connectivity index (χ4v) is 4.18. The Kier molecular flexibility index (Phi) is 3.93. The van der Waals surface area contributed by atoms with Crippen LogP contribution in [-0.4, -0.2) is 12.1 Å². The minimum absolute atomic E-state index is 0.603. The van der Waals surface area contributed by atoms with Crippen molar-refractivity contribution in [1.29, 1.82) is 0 Å². The molecule has 2 fully saturated rings. The maximum atomic E-state index is 3.93. The molecule has 2 atom stereocenters. The average molecular weight is 257 g/mol. The van der Waals surface area contributed by atoms with E-state index in [1.54, 1.807) is 0 Å². The highest BCUT2D eigenvalue weighted by Gasteiger charge is 2.46. The Labute approximate surface area is 117 Å². The lowest BCUT2D eigenvalue weighted by atomic mass is 9.57. The standard InChI is InChI=1S/C18H27N/c1-15(14-16-8-4-2-5-9-16)19-17-10-13-18(17)11-6-3-7-12-18/h2,4-5,8-9,15,17,19H,3,6-7,10-14H2,1H3. The van der Waals surface area contributed by atoms with Gasteiger partial charge in [-0.05, 0) is 50.0 Å². The van der Waals surface area contributed by atoms with Crippen molar-refractivity contribution < 1.29 is 0 Å². The second-order valence-electron chi connectivity index (χ2n) is 6.77. The molecule has 0 amide bonds. The van der Waals surface area contributed by atoms with E-state index in [1.165, 1.54) is 50.5 Å². The molecule has 19 heavy (non-hydrogen) atoms. The van der Waals surface area contributed by atoms with Gasteiger partial charge in [0, 0.05) is 12.1 Å². The summed E-state index contributed by atoms with van der Waals surface area (Å²) >= 11 is 0. The molecule has 1 spiro atoms. The van der Waals surface area contributed by atoms with Crippen molar-refractivity contribution in [2.75, 3.05) is 0 Å². The molecular weight excluding hydrogens is 230 g/mol. The first-order chi connectivity index (χ1) is 9.28. The summed E-state index contributed by atoms with van der Waals surface area (Å²) in [5.41, 5.74) is 2.14. The monoisotopic (exact) mass is 257 g/mol. The van der Waals surface area contributed by atoms with Gasteiger partial charge in [0.2, 0.25) is 0 Å². The summed E-state index contributed by atoms with van der Waals surface area (Å²) in [6.07, 6.45) is 11.4. The number of hydrogen-bond donors (Lipinski definition) is 1. The maximum Gasteiger partial charge on any atom is 0.0126 e. The molecule has 2 saturated carbocycles. The molecule has 104 valence electrons. The highest BCUT2D eigenvalue weighted by atomic mass is 15.0. The predicted molar refractivity (Wildman–Crippen MR) is 81.3 cm³/mol. The van der Waals surface area contributed by atoms with Gasteiger partial charge in [0.25, 0.3) is 0 Å². The van der Waals surface area contributed by atoms with Crippen LogP contribution in [0.25, 0.3) is 0 Å². The highest BCUT2D eigenvalue weighted by molar-refractivity contribution is 5.16. The van der Waals surface area contributed by atoms with Gasteiger partial charge in [-0.25, -0.2) is 0 Å². The molecule has 2 aliphatic carbocycles. The third kappa shape index (κ3) is 2.86. The summed E-state index contributed by atoms with van der Waals surface area (Å²) in [7, 11) is 0. The molecule has 1 nitrogen and oxygen atoms in total. The fraction of sp³-hybridized carbons (Fsp3) is 0.667. The number of benzene rings is 1. The average Bonchev–Trinajstić information content (AvgIpc) is 2.46. The Hall–Kier alpha value is -0.820. The molecule has 0 bridgehead atoms. The van der Waals surface area contributed by atoms with Gasteiger partial charge >= 0.3 is 0 Å². The predicted octanol–water partition coefficient (Wildman–Crippen LogP) is 4.32. The van der Waals surface area contributed by atoms with Gasteiger partial charge in [0.05, 0.1) is 0 Å². The van der Waals surface area contributed by atoms with Crippen LogP contribution in [0.4, 0.5) is 0 Å². The van der Waals surface area contributed by atoms with Gasteiger partial charge in [0.15, 0.2) is 0 Å². The lowest BCUT2D eigenvalue weighted by Gasteiger charge is -2.53. The molecular formula is C18H27N. The summed E-state index contributed by atoms with van der Waals surface area (Å²) in [5.74, 6) is 0. The van der Waals surface area contributed by atoms with Crippen LogP contribution in [0.5, 0.6) is 0 Å². The third-order valence-electron chi connectivity index (χ3n) is 5.39. The van der Waals surface area contributed by atoms with Crippen LogP contribution in [0, 0.1) is 5.41 Å². The van der Waals surface area contributed by atoms with Crippen LogP contribution in [0.3, 0.4) is 0 Å². The third-order valence-corrected chi connectivity index (χ3v) is 5.39. The molecule has 1 aromatic rings. The molecule has 1 N–H and O–H groups in total. The highest BCUT2D eigenvalue weighted by Crippen LogP contribution is 2.51. The van der Waals surface area contributed by atoms with E-state index in [0.717, 1.165) is 12.5 Å². The zero-order chi connectivity index (χ0) is 13.1. The van der Waals surface area contributed by atoms with Crippen molar-refractivity contribution in [2.24, 2.45) is 5.41 Å². The topological polar surface area (TPSA) is 12.0 Å². The first kappa shape index (κ1) is 13.2. The Morgan fingerprint density at radius 1 is 1.11 bits per heavy atom. The van der Waals surface area contributed by atoms with E-state index in [0.29, 0.717) is 11.5 Å². The smallest absolute Gasteiger partial charge is 0.0126 e. The first-order valence-electron chi connectivity index (χ1n) is 8.08. The van der Waals surface area contributed by atoms with Crippen LogP contribution in [-0.2, 0) is 6.42 Å². The van der Waals surface area contributed by atoms with Crippen LogP contribution in [0.15, 0.2) is 30.3 Å². The van der Waals surface area contributed by atoms with Gasteiger partial charge in [0.1, 0.15) is 0 Å². The van der Waals surface area contributed by atoms with Crippen molar-refractivity contribution in [3.05, 3.63) is 35.9 Å². The molecule has 1 heteroatoms. The van der Waals surface area contributed by atoms with Crippen LogP contribution in [0.2, 0.25) is 0 Å². The summed E-state index contributed by atoms with van der Waals surface area (Å²) in [6.45, 7) is 2.35. The Morgan fingerprint density at radius 3 is 2.47 bits per heavy atom. The normalized spacial score (nSPS) is 26.9. The van der Waals surface area contributed by atoms with E-state index >= 15 is 0 Å².